The van der Waals surface area contributed by atoms with Gasteiger partial charge in [0.25, 0.3) is 0 Å². The van der Waals surface area contributed by atoms with Crippen molar-refractivity contribution in [2.75, 3.05) is 13.7 Å². The second-order valence-corrected chi connectivity index (χ2v) is 3.44. The van der Waals surface area contributed by atoms with Crippen LogP contribution in [0.1, 0.15) is 22.8 Å². The molecule has 0 bridgehead atoms. The van der Waals surface area contributed by atoms with Gasteiger partial charge in [-0.15, -0.1) is 0 Å². The van der Waals surface area contributed by atoms with Crippen LogP contribution in [0.15, 0.2) is 12.1 Å². The van der Waals surface area contributed by atoms with Crippen molar-refractivity contribution in [3.8, 4) is 23.3 Å². The summed E-state index contributed by atoms with van der Waals surface area (Å²) in [5.41, 5.74) is 0.702. The lowest BCUT2D eigenvalue weighted by atomic mass is 10.1. The number of nitrogens with one attached hydrogen (secondary N) is 1. The summed E-state index contributed by atoms with van der Waals surface area (Å²) in [6.45, 7) is 1.57. The smallest absolute Gasteiger partial charge is 0.217 e. The minimum atomic E-state index is -0.183. The fourth-order valence-electron chi connectivity index (χ4n) is 1.26. The van der Waals surface area contributed by atoms with Crippen LogP contribution in [0.4, 0.5) is 0 Å². The van der Waals surface area contributed by atoms with Gasteiger partial charge >= 0.3 is 0 Å². The first kappa shape index (κ1) is 13.6. The molecule has 1 aromatic carbocycles. The number of hydrogen-bond acceptors (Lipinski definition) is 4. The van der Waals surface area contributed by atoms with E-state index in [0.717, 1.165) is 0 Å². The Morgan fingerprint density at radius 3 is 2.83 bits per heavy atom. The molecule has 0 atom stereocenters. The predicted octanol–water partition coefficient (Wildman–Crippen LogP) is 0.701. The van der Waals surface area contributed by atoms with E-state index in [4.69, 9.17) is 4.74 Å². The van der Waals surface area contributed by atoms with Gasteiger partial charge in [-0.1, -0.05) is 11.8 Å². The van der Waals surface area contributed by atoms with Crippen molar-refractivity contribution >= 4 is 12.2 Å². The molecule has 18 heavy (non-hydrogen) atoms. The molecule has 0 spiro atoms. The van der Waals surface area contributed by atoms with Gasteiger partial charge in [-0.05, 0) is 6.07 Å². The molecular formula is C13H13NO4. The number of methoxy groups -OCH3 is 1. The molecule has 0 aromatic heterocycles. The minimum Gasteiger partial charge on any atom is -0.504 e. The highest BCUT2D eigenvalue weighted by molar-refractivity contribution is 5.81. The largest absolute Gasteiger partial charge is 0.504 e. The summed E-state index contributed by atoms with van der Waals surface area (Å²) in [6.07, 6.45) is 0.629. The van der Waals surface area contributed by atoms with Crippen LogP contribution in [-0.4, -0.2) is 31.0 Å². The van der Waals surface area contributed by atoms with Gasteiger partial charge in [0, 0.05) is 24.1 Å². The molecule has 5 heteroatoms. The number of phenols is 1. The second-order valence-electron chi connectivity index (χ2n) is 3.44. The fourth-order valence-corrected chi connectivity index (χ4v) is 1.26. The van der Waals surface area contributed by atoms with Gasteiger partial charge < -0.3 is 15.2 Å². The summed E-state index contributed by atoms with van der Waals surface area (Å²) < 4.78 is 4.89. The first-order valence-corrected chi connectivity index (χ1v) is 5.18. The number of phenolic OH excluding ortho intramolecular Hbond substituents is 1. The molecule has 0 unspecified atom stereocenters. The third-order valence-electron chi connectivity index (χ3n) is 2.13. The zero-order chi connectivity index (χ0) is 13.5. The first-order chi connectivity index (χ1) is 8.58. The molecule has 1 amide bonds. The van der Waals surface area contributed by atoms with Gasteiger partial charge in [0.2, 0.25) is 5.91 Å². The molecule has 2 N–H and O–H groups in total. The Kier molecular flexibility index (Phi) is 4.76. The van der Waals surface area contributed by atoms with E-state index in [1.54, 1.807) is 0 Å². The van der Waals surface area contributed by atoms with Gasteiger partial charge in [0.1, 0.15) is 0 Å². The van der Waals surface area contributed by atoms with Gasteiger partial charge in [-0.2, -0.15) is 0 Å². The standard InChI is InChI=1S/C13H13NO4/c1-9(16)14-5-3-4-10-6-12(17)13(18-2)7-11(10)8-15/h6-8,17H,5H2,1-2H3,(H,14,16). The van der Waals surface area contributed by atoms with Crippen LogP contribution >= 0.6 is 0 Å². The summed E-state index contributed by atoms with van der Waals surface area (Å²) in [6, 6.07) is 2.76. The van der Waals surface area contributed by atoms with Crippen molar-refractivity contribution in [2.24, 2.45) is 0 Å². The van der Waals surface area contributed by atoms with Crippen molar-refractivity contribution in [1.82, 2.24) is 5.32 Å². The highest BCUT2D eigenvalue weighted by atomic mass is 16.5. The van der Waals surface area contributed by atoms with E-state index >= 15 is 0 Å². The highest BCUT2D eigenvalue weighted by Gasteiger charge is 2.07. The third kappa shape index (κ3) is 3.52. The summed E-state index contributed by atoms with van der Waals surface area (Å²) in [7, 11) is 1.39. The van der Waals surface area contributed by atoms with Crippen LogP contribution in [0.3, 0.4) is 0 Å². The van der Waals surface area contributed by atoms with E-state index in [1.165, 1.54) is 26.2 Å². The number of carbonyl (C=O) groups is 2. The first-order valence-electron chi connectivity index (χ1n) is 5.18. The lowest BCUT2D eigenvalue weighted by Gasteiger charge is -2.05. The molecule has 0 aliphatic rings. The Balaban J connectivity index is 2.97. The van der Waals surface area contributed by atoms with Crippen molar-refractivity contribution in [3.05, 3.63) is 23.3 Å². The van der Waals surface area contributed by atoms with Gasteiger partial charge in [-0.3, -0.25) is 9.59 Å². The lowest BCUT2D eigenvalue weighted by molar-refractivity contribution is -0.118. The topological polar surface area (TPSA) is 75.6 Å². The van der Waals surface area contributed by atoms with Crippen molar-refractivity contribution in [1.29, 1.82) is 0 Å². The fraction of sp³-hybridized carbons (Fsp3) is 0.231. The number of ether oxygens (including phenoxy) is 1. The summed E-state index contributed by atoms with van der Waals surface area (Å²) in [5.74, 6) is 5.32. The van der Waals surface area contributed by atoms with Crippen molar-refractivity contribution in [2.45, 2.75) is 6.92 Å². The average molecular weight is 247 g/mol. The van der Waals surface area contributed by atoms with Crippen LogP contribution in [-0.2, 0) is 4.79 Å². The van der Waals surface area contributed by atoms with Crippen LogP contribution in [0.2, 0.25) is 0 Å². The zero-order valence-corrected chi connectivity index (χ0v) is 10.1. The molecule has 0 heterocycles. The van der Waals surface area contributed by atoms with Crippen LogP contribution in [0, 0.1) is 11.8 Å². The molecule has 0 fully saturated rings. The second kappa shape index (κ2) is 6.30. The van der Waals surface area contributed by atoms with E-state index in [9.17, 15) is 14.7 Å². The van der Waals surface area contributed by atoms with Gasteiger partial charge in [0.05, 0.1) is 13.7 Å². The number of amides is 1. The number of aldehydes is 1. The monoisotopic (exact) mass is 247 g/mol. The van der Waals surface area contributed by atoms with Crippen molar-refractivity contribution in [3.63, 3.8) is 0 Å². The van der Waals surface area contributed by atoms with Crippen LogP contribution in [0.25, 0.3) is 0 Å². The Bertz CT molecular complexity index is 526. The van der Waals surface area contributed by atoms with Crippen LogP contribution in [0.5, 0.6) is 11.5 Å². The zero-order valence-electron chi connectivity index (χ0n) is 10.1. The highest BCUT2D eigenvalue weighted by Crippen LogP contribution is 2.28. The van der Waals surface area contributed by atoms with Crippen molar-refractivity contribution < 1.29 is 19.4 Å². The molecule has 1 aromatic rings. The number of benzene rings is 1. The molecule has 5 nitrogen and oxygen atoms in total. The van der Waals surface area contributed by atoms with E-state index in [0.29, 0.717) is 17.4 Å². The number of carbonyl (C=O) groups excluding carboxylic acids is 2. The molecule has 0 aliphatic carbocycles. The van der Waals surface area contributed by atoms with Gasteiger partial charge in [-0.25, -0.2) is 0 Å². The lowest BCUT2D eigenvalue weighted by Crippen LogP contribution is -2.19. The van der Waals surface area contributed by atoms with E-state index in [-0.39, 0.29) is 24.0 Å². The van der Waals surface area contributed by atoms with E-state index in [2.05, 4.69) is 17.2 Å². The van der Waals surface area contributed by atoms with E-state index in [1.807, 2.05) is 0 Å². The number of hydrogen-bond donors (Lipinski definition) is 2. The number of rotatable bonds is 3. The summed E-state index contributed by atoms with van der Waals surface area (Å²) in [4.78, 5) is 21.5. The predicted molar refractivity (Wildman–Crippen MR) is 65.6 cm³/mol. The van der Waals surface area contributed by atoms with E-state index < -0.39 is 0 Å². The average Bonchev–Trinajstić information content (AvgIpc) is 2.34. The maximum Gasteiger partial charge on any atom is 0.217 e. The number of aromatic hydroxyl groups is 1. The Morgan fingerprint density at radius 1 is 1.56 bits per heavy atom. The Hall–Kier alpha value is -2.48. The molecule has 0 radical (unpaired) electrons. The third-order valence-corrected chi connectivity index (χ3v) is 2.13. The normalized spacial score (nSPS) is 9.00. The minimum absolute atomic E-state index is 0.0908. The van der Waals surface area contributed by atoms with Crippen LogP contribution < -0.4 is 10.1 Å². The maximum absolute atomic E-state index is 10.9. The Labute approximate surface area is 105 Å². The quantitative estimate of drug-likeness (QED) is 0.609. The molecule has 0 saturated heterocycles. The Morgan fingerprint density at radius 2 is 2.28 bits per heavy atom. The molecule has 0 aliphatic heterocycles. The summed E-state index contributed by atoms with van der Waals surface area (Å²) >= 11 is 0. The molecular weight excluding hydrogens is 234 g/mol. The molecule has 0 saturated carbocycles. The van der Waals surface area contributed by atoms with Gasteiger partial charge in [0.15, 0.2) is 17.8 Å². The maximum atomic E-state index is 10.9. The molecule has 1 rings (SSSR count). The molecule has 94 valence electrons. The SMILES string of the molecule is COc1cc(C=O)c(C#CCNC(C)=O)cc1O. The summed E-state index contributed by atoms with van der Waals surface area (Å²) in [5, 5.41) is 12.1.